The van der Waals surface area contributed by atoms with Gasteiger partial charge in [0, 0.05) is 5.39 Å². The number of fused-ring (bicyclic) bond motifs is 1. The van der Waals surface area contributed by atoms with Crippen molar-refractivity contribution in [3.8, 4) is 27.9 Å². The predicted molar refractivity (Wildman–Crippen MR) is 74.5 cm³/mol. The van der Waals surface area contributed by atoms with E-state index in [2.05, 4.69) is 10.1 Å². The van der Waals surface area contributed by atoms with Crippen LogP contribution >= 0.6 is 11.3 Å². The normalized spacial score (nSPS) is 11.2. The number of benzene rings is 1. The Balaban J connectivity index is 1.84. The molecule has 3 aromatic heterocycles. The van der Waals surface area contributed by atoms with Crippen molar-refractivity contribution in [2.45, 2.75) is 0 Å². The number of furan rings is 1. The van der Waals surface area contributed by atoms with Crippen molar-refractivity contribution in [1.82, 2.24) is 10.1 Å². The molecule has 1 aromatic carbocycles. The first-order valence-electron chi connectivity index (χ1n) is 5.90. The molecule has 6 heteroatoms. The summed E-state index contributed by atoms with van der Waals surface area (Å²) in [4.78, 5) is 4.89. The maximum Gasteiger partial charge on any atom is 0.272 e. The van der Waals surface area contributed by atoms with Crippen molar-refractivity contribution in [1.29, 1.82) is 0 Å². The number of hydrogen-bond donors (Lipinski definition) is 1. The van der Waals surface area contributed by atoms with Crippen molar-refractivity contribution in [3.05, 3.63) is 42.0 Å². The fourth-order valence-corrected chi connectivity index (χ4v) is 2.74. The second-order valence-electron chi connectivity index (χ2n) is 4.20. The number of aromatic hydroxyl groups is 1. The zero-order valence-electron chi connectivity index (χ0n) is 10.1. The van der Waals surface area contributed by atoms with Gasteiger partial charge in [-0.25, -0.2) is 0 Å². The monoisotopic (exact) mass is 284 g/mol. The van der Waals surface area contributed by atoms with Crippen molar-refractivity contribution in [2.24, 2.45) is 0 Å². The van der Waals surface area contributed by atoms with Crippen LogP contribution in [-0.2, 0) is 0 Å². The van der Waals surface area contributed by atoms with Crippen molar-refractivity contribution < 1.29 is 14.0 Å². The highest BCUT2D eigenvalue weighted by Gasteiger charge is 2.17. The lowest BCUT2D eigenvalue weighted by Gasteiger charge is -1.89. The first-order valence-corrected chi connectivity index (χ1v) is 6.78. The summed E-state index contributed by atoms with van der Waals surface area (Å²) in [6.45, 7) is 0. The highest BCUT2D eigenvalue weighted by atomic mass is 32.1. The molecule has 0 saturated carbocycles. The molecule has 20 heavy (non-hydrogen) atoms. The fourth-order valence-electron chi connectivity index (χ4n) is 2.04. The molecule has 4 aromatic rings. The average Bonchev–Trinajstić information content (AvgIpc) is 3.15. The Morgan fingerprint density at radius 2 is 2.05 bits per heavy atom. The minimum Gasteiger partial charge on any atom is -0.506 e. The molecular weight excluding hydrogens is 276 g/mol. The van der Waals surface area contributed by atoms with Crippen molar-refractivity contribution >= 4 is 22.3 Å². The van der Waals surface area contributed by atoms with Gasteiger partial charge in [-0.15, -0.1) is 11.3 Å². The summed E-state index contributed by atoms with van der Waals surface area (Å²) in [5, 5.41) is 16.3. The smallest absolute Gasteiger partial charge is 0.272 e. The molecule has 0 aliphatic rings. The van der Waals surface area contributed by atoms with Crippen LogP contribution in [0.3, 0.4) is 0 Å². The molecule has 0 aliphatic carbocycles. The van der Waals surface area contributed by atoms with E-state index in [-0.39, 0.29) is 5.75 Å². The topological polar surface area (TPSA) is 72.3 Å². The van der Waals surface area contributed by atoms with Crippen LogP contribution in [0.5, 0.6) is 5.75 Å². The third-order valence-corrected chi connectivity index (χ3v) is 3.88. The molecule has 4 rings (SSSR count). The van der Waals surface area contributed by atoms with Crippen LogP contribution in [0.15, 0.2) is 50.9 Å². The molecule has 0 amide bonds. The van der Waals surface area contributed by atoms with Crippen LogP contribution in [0.25, 0.3) is 33.1 Å². The van der Waals surface area contributed by atoms with E-state index in [9.17, 15) is 5.11 Å². The second kappa shape index (κ2) is 4.21. The van der Waals surface area contributed by atoms with Crippen LogP contribution in [0.4, 0.5) is 0 Å². The summed E-state index contributed by atoms with van der Waals surface area (Å²) in [6, 6.07) is 9.24. The lowest BCUT2D eigenvalue weighted by molar-refractivity contribution is 0.427. The molecule has 3 heterocycles. The Kier molecular flexibility index (Phi) is 2.37. The van der Waals surface area contributed by atoms with Crippen LogP contribution in [0.1, 0.15) is 0 Å². The maximum atomic E-state index is 9.68. The van der Waals surface area contributed by atoms with Gasteiger partial charge in [0.25, 0.3) is 5.89 Å². The zero-order valence-corrected chi connectivity index (χ0v) is 10.9. The van der Waals surface area contributed by atoms with E-state index >= 15 is 0 Å². The van der Waals surface area contributed by atoms with E-state index in [1.54, 1.807) is 17.7 Å². The Bertz CT molecular complexity index is 891. The van der Waals surface area contributed by atoms with Crippen LogP contribution in [0.2, 0.25) is 0 Å². The molecule has 0 aliphatic heterocycles. The van der Waals surface area contributed by atoms with Gasteiger partial charge in [0.05, 0.1) is 5.56 Å². The van der Waals surface area contributed by atoms with Gasteiger partial charge in [0.2, 0.25) is 5.82 Å². The van der Waals surface area contributed by atoms with Gasteiger partial charge in [-0.2, -0.15) is 4.98 Å². The van der Waals surface area contributed by atoms with Gasteiger partial charge in [0.1, 0.15) is 22.5 Å². The van der Waals surface area contributed by atoms with E-state index in [0.717, 1.165) is 16.5 Å². The van der Waals surface area contributed by atoms with Gasteiger partial charge < -0.3 is 14.0 Å². The molecule has 0 bridgehead atoms. The zero-order chi connectivity index (χ0) is 13.5. The standard InChI is InChI=1S/C14H8N2O3S/c17-10-5-6-20-12(10)14-15-13(16-19-14)9-7-18-11-4-2-1-3-8(9)11/h1-7,17H. The van der Waals surface area contributed by atoms with Crippen LogP contribution < -0.4 is 0 Å². The largest absolute Gasteiger partial charge is 0.506 e. The summed E-state index contributed by atoms with van der Waals surface area (Å²) in [5.74, 6) is 0.887. The molecule has 0 spiro atoms. The van der Waals surface area contributed by atoms with Crippen LogP contribution in [-0.4, -0.2) is 15.2 Å². The van der Waals surface area contributed by atoms with E-state index in [1.807, 2.05) is 24.3 Å². The minimum absolute atomic E-state index is 0.141. The molecule has 0 atom stereocenters. The number of nitrogens with zero attached hydrogens (tertiary/aromatic N) is 2. The third kappa shape index (κ3) is 1.62. The molecule has 0 saturated heterocycles. The Morgan fingerprint density at radius 3 is 2.90 bits per heavy atom. The van der Waals surface area contributed by atoms with Crippen LogP contribution in [0, 0.1) is 0 Å². The number of hydrogen-bond acceptors (Lipinski definition) is 6. The average molecular weight is 284 g/mol. The quantitative estimate of drug-likeness (QED) is 0.604. The molecular formula is C14H8N2O3S. The van der Waals surface area contributed by atoms with E-state index in [1.165, 1.54) is 11.3 Å². The van der Waals surface area contributed by atoms with Gasteiger partial charge in [-0.3, -0.25) is 0 Å². The maximum absolute atomic E-state index is 9.68. The summed E-state index contributed by atoms with van der Waals surface area (Å²) in [6.07, 6.45) is 1.60. The number of aromatic nitrogens is 2. The SMILES string of the molecule is Oc1ccsc1-c1nc(-c2coc3ccccc23)no1. The lowest BCUT2D eigenvalue weighted by atomic mass is 10.2. The molecule has 98 valence electrons. The van der Waals surface area contributed by atoms with Gasteiger partial charge >= 0.3 is 0 Å². The molecule has 0 unspecified atom stereocenters. The third-order valence-electron chi connectivity index (χ3n) is 2.99. The molecule has 5 nitrogen and oxygen atoms in total. The number of para-hydroxylation sites is 1. The fraction of sp³-hybridized carbons (Fsp3) is 0. The first kappa shape index (κ1) is 11.2. The first-order chi connectivity index (χ1) is 9.83. The van der Waals surface area contributed by atoms with Crippen molar-refractivity contribution in [2.75, 3.05) is 0 Å². The lowest BCUT2D eigenvalue weighted by Crippen LogP contribution is -1.78. The second-order valence-corrected chi connectivity index (χ2v) is 5.12. The summed E-state index contributed by atoms with van der Waals surface area (Å²) in [5.41, 5.74) is 1.54. The van der Waals surface area contributed by atoms with E-state index in [4.69, 9.17) is 8.94 Å². The molecule has 1 N–H and O–H groups in total. The number of rotatable bonds is 2. The van der Waals surface area contributed by atoms with Gasteiger partial charge in [-0.05, 0) is 17.5 Å². The van der Waals surface area contributed by atoms with E-state index in [0.29, 0.717) is 16.6 Å². The Morgan fingerprint density at radius 1 is 1.15 bits per heavy atom. The summed E-state index contributed by atoms with van der Waals surface area (Å²) >= 11 is 1.35. The van der Waals surface area contributed by atoms with Gasteiger partial charge in [-0.1, -0.05) is 23.4 Å². The van der Waals surface area contributed by atoms with Gasteiger partial charge in [0.15, 0.2) is 0 Å². The number of thiophene rings is 1. The van der Waals surface area contributed by atoms with Crippen molar-refractivity contribution in [3.63, 3.8) is 0 Å². The highest BCUT2D eigenvalue weighted by Crippen LogP contribution is 2.35. The summed E-state index contributed by atoms with van der Waals surface area (Å²) < 4.78 is 10.7. The molecule has 0 fully saturated rings. The highest BCUT2D eigenvalue weighted by molar-refractivity contribution is 7.13. The predicted octanol–water partition coefficient (Wildman–Crippen LogP) is 3.92. The Hall–Kier alpha value is -2.60. The molecule has 0 radical (unpaired) electrons. The Labute approximate surface area is 117 Å². The summed E-state index contributed by atoms with van der Waals surface area (Å²) in [7, 11) is 0. The van der Waals surface area contributed by atoms with E-state index < -0.39 is 0 Å². The minimum atomic E-state index is 0.141.